The van der Waals surface area contributed by atoms with Crippen molar-refractivity contribution in [3.8, 4) is 11.5 Å². The molecule has 1 heterocycles. The van der Waals surface area contributed by atoms with Gasteiger partial charge in [-0.2, -0.15) is 0 Å². The van der Waals surface area contributed by atoms with Crippen molar-refractivity contribution in [1.29, 1.82) is 0 Å². The molecule has 1 fully saturated rings. The second-order valence-electron chi connectivity index (χ2n) is 6.52. The summed E-state index contributed by atoms with van der Waals surface area (Å²) < 4.78 is 10.6. The van der Waals surface area contributed by atoms with Crippen molar-refractivity contribution >= 4 is 18.0 Å². The zero-order chi connectivity index (χ0) is 20.6. The lowest BCUT2D eigenvalue weighted by atomic mass is 10.1. The number of nitrogens with one attached hydrogen (secondary N) is 1. The topological polar surface area (TPSA) is 71.1 Å². The molecule has 2 aromatic rings. The molecule has 3 amide bonds. The van der Waals surface area contributed by atoms with Crippen LogP contribution in [0.25, 0.3) is 6.08 Å². The highest BCUT2D eigenvalue weighted by atomic mass is 16.5. The molecule has 0 spiro atoms. The lowest BCUT2D eigenvalue weighted by Gasteiger charge is -2.27. The number of nitrogens with zero attached hydrogens (tertiary/aromatic N) is 2. The van der Waals surface area contributed by atoms with E-state index in [0.29, 0.717) is 31.1 Å². The van der Waals surface area contributed by atoms with Crippen molar-refractivity contribution in [1.82, 2.24) is 15.3 Å². The summed E-state index contributed by atoms with van der Waals surface area (Å²) in [6.45, 7) is 1.41. The highest BCUT2D eigenvalue weighted by Crippen LogP contribution is 2.25. The normalized spacial score (nSPS) is 13.6. The summed E-state index contributed by atoms with van der Waals surface area (Å²) >= 11 is 0. The molecule has 0 saturated carbocycles. The molecule has 29 heavy (non-hydrogen) atoms. The Hall–Kier alpha value is -3.48. The van der Waals surface area contributed by atoms with Crippen LogP contribution in [0, 0.1) is 0 Å². The zero-order valence-corrected chi connectivity index (χ0v) is 16.6. The number of rotatable bonds is 6. The molecule has 1 aliphatic rings. The fourth-order valence-corrected chi connectivity index (χ4v) is 3.13. The van der Waals surface area contributed by atoms with E-state index >= 15 is 0 Å². The number of hydrogen-bond donors (Lipinski definition) is 1. The van der Waals surface area contributed by atoms with E-state index in [1.807, 2.05) is 30.3 Å². The Bertz CT molecular complexity index is 883. The first-order valence-corrected chi connectivity index (χ1v) is 9.43. The number of hydrogen-bond acceptors (Lipinski definition) is 4. The Balaban J connectivity index is 1.65. The molecule has 0 bridgehead atoms. The minimum Gasteiger partial charge on any atom is -0.497 e. The van der Waals surface area contributed by atoms with Crippen LogP contribution >= 0.6 is 0 Å². The van der Waals surface area contributed by atoms with Gasteiger partial charge in [0.05, 0.1) is 14.2 Å². The van der Waals surface area contributed by atoms with Crippen molar-refractivity contribution in [2.24, 2.45) is 0 Å². The average Bonchev–Trinajstić information content (AvgIpc) is 3.26. The van der Waals surface area contributed by atoms with E-state index in [2.05, 4.69) is 5.32 Å². The lowest BCUT2D eigenvalue weighted by Crippen LogP contribution is -2.48. The van der Waals surface area contributed by atoms with Crippen LogP contribution in [0.3, 0.4) is 0 Å². The fourth-order valence-electron chi connectivity index (χ4n) is 3.13. The third-order valence-corrected chi connectivity index (χ3v) is 4.65. The Morgan fingerprint density at radius 3 is 2.52 bits per heavy atom. The Labute approximate surface area is 170 Å². The average molecular weight is 395 g/mol. The van der Waals surface area contributed by atoms with Crippen LogP contribution in [-0.4, -0.2) is 49.3 Å². The van der Waals surface area contributed by atoms with Gasteiger partial charge < -0.3 is 14.8 Å². The predicted octanol–water partition coefficient (Wildman–Crippen LogP) is 3.08. The van der Waals surface area contributed by atoms with E-state index in [0.717, 1.165) is 17.5 Å². The van der Waals surface area contributed by atoms with Crippen LogP contribution in [0.4, 0.5) is 4.79 Å². The molecule has 0 radical (unpaired) electrons. The van der Waals surface area contributed by atoms with Crippen molar-refractivity contribution in [2.75, 3.05) is 27.3 Å². The lowest BCUT2D eigenvalue weighted by molar-refractivity contribution is -0.134. The number of carbonyl (C=O) groups is 2. The van der Waals surface area contributed by atoms with Gasteiger partial charge in [-0.05, 0) is 36.3 Å². The quantitative estimate of drug-likeness (QED) is 0.763. The van der Waals surface area contributed by atoms with Gasteiger partial charge >= 0.3 is 6.03 Å². The molecule has 3 rings (SSSR count). The molecule has 0 aliphatic carbocycles. The summed E-state index contributed by atoms with van der Waals surface area (Å²) in [5, 5.41) is 5.78. The summed E-state index contributed by atoms with van der Waals surface area (Å²) in [6.07, 6.45) is 3.85. The van der Waals surface area contributed by atoms with Gasteiger partial charge in [0.15, 0.2) is 0 Å². The van der Waals surface area contributed by atoms with Crippen molar-refractivity contribution in [3.63, 3.8) is 0 Å². The van der Waals surface area contributed by atoms with Gasteiger partial charge in [0.2, 0.25) is 0 Å². The molecule has 0 atom stereocenters. The monoisotopic (exact) mass is 395 g/mol. The highest BCUT2D eigenvalue weighted by Gasteiger charge is 2.29. The molecule has 1 aliphatic heterocycles. The van der Waals surface area contributed by atoms with Gasteiger partial charge in [-0.25, -0.2) is 14.8 Å². The third-order valence-electron chi connectivity index (χ3n) is 4.65. The van der Waals surface area contributed by atoms with E-state index in [1.165, 1.54) is 16.1 Å². The van der Waals surface area contributed by atoms with E-state index < -0.39 is 0 Å². The number of methoxy groups -OCH3 is 2. The van der Waals surface area contributed by atoms with Crippen LogP contribution in [0.5, 0.6) is 11.5 Å². The summed E-state index contributed by atoms with van der Waals surface area (Å²) in [6, 6.07) is 14.7. The van der Waals surface area contributed by atoms with Gasteiger partial charge in [0.25, 0.3) is 5.91 Å². The molecule has 7 heteroatoms. The largest absolute Gasteiger partial charge is 0.497 e. The number of ether oxygens (including phenoxy) is 2. The molecule has 2 aromatic carbocycles. The van der Waals surface area contributed by atoms with Crippen molar-refractivity contribution < 1.29 is 19.1 Å². The van der Waals surface area contributed by atoms with Crippen LogP contribution < -0.4 is 14.8 Å². The molecule has 7 nitrogen and oxygen atoms in total. The molecule has 0 unspecified atom stereocenters. The van der Waals surface area contributed by atoms with Gasteiger partial charge in [0.1, 0.15) is 11.5 Å². The maximum Gasteiger partial charge on any atom is 0.336 e. The second-order valence-corrected chi connectivity index (χ2v) is 6.52. The summed E-state index contributed by atoms with van der Waals surface area (Å²) in [7, 11) is 3.15. The zero-order valence-electron chi connectivity index (χ0n) is 16.6. The Morgan fingerprint density at radius 1 is 1.03 bits per heavy atom. The third kappa shape index (κ3) is 5.07. The number of urea groups is 1. The Kier molecular flexibility index (Phi) is 6.73. The van der Waals surface area contributed by atoms with Crippen LogP contribution in [-0.2, 0) is 11.3 Å². The number of amides is 3. The van der Waals surface area contributed by atoms with E-state index in [-0.39, 0.29) is 11.9 Å². The van der Waals surface area contributed by atoms with Gasteiger partial charge in [0, 0.05) is 31.3 Å². The van der Waals surface area contributed by atoms with E-state index in [4.69, 9.17) is 9.47 Å². The van der Waals surface area contributed by atoms with Crippen LogP contribution in [0.1, 0.15) is 17.5 Å². The highest BCUT2D eigenvalue weighted by molar-refractivity contribution is 5.93. The van der Waals surface area contributed by atoms with Gasteiger partial charge in [-0.1, -0.05) is 30.3 Å². The maximum atomic E-state index is 12.7. The minimum absolute atomic E-state index is 0.262. The standard InChI is InChI=1S/C22H25N3O4/c1-28-19-10-11-20(29-2)18(15-19)9-12-21(26)24-13-6-14-25(24)22(27)23-16-17-7-4-3-5-8-17/h3-5,7-12,15H,6,13-14,16H2,1-2H3,(H,23,27). The molecule has 1 N–H and O–H groups in total. The second kappa shape index (κ2) is 9.64. The molecule has 152 valence electrons. The minimum atomic E-state index is -0.285. The number of hydrazine groups is 1. The fraction of sp³-hybridized carbons (Fsp3) is 0.273. The van der Waals surface area contributed by atoms with E-state index in [9.17, 15) is 9.59 Å². The maximum absolute atomic E-state index is 12.7. The summed E-state index contributed by atoms with van der Waals surface area (Å²) in [5.74, 6) is 1.04. The van der Waals surface area contributed by atoms with E-state index in [1.54, 1.807) is 38.5 Å². The molecular weight excluding hydrogens is 370 g/mol. The summed E-state index contributed by atoms with van der Waals surface area (Å²) in [5.41, 5.74) is 1.72. The van der Waals surface area contributed by atoms with Gasteiger partial charge in [-0.15, -0.1) is 0 Å². The van der Waals surface area contributed by atoms with Gasteiger partial charge in [-0.3, -0.25) is 4.79 Å². The summed E-state index contributed by atoms with van der Waals surface area (Å²) in [4.78, 5) is 25.3. The molecular formula is C22H25N3O4. The molecule has 1 saturated heterocycles. The van der Waals surface area contributed by atoms with Crippen LogP contribution in [0.15, 0.2) is 54.6 Å². The van der Waals surface area contributed by atoms with Crippen LogP contribution in [0.2, 0.25) is 0 Å². The van der Waals surface area contributed by atoms with Crippen molar-refractivity contribution in [2.45, 2.75) is 13.0 Å². The first-order valence-electron chi connectivity index (χ1n) is 9.43. The SMILES string of the molecule is COc1ccc(OC)c(C=CC(=O)N2CCCN2C(=O)NCc2ccccc2)c1. The Morgan fingerprint density at radius 2 is 1.79 bits per heavy atom. The molecule has 0 aromatic heterocycles. The predicted molar refractivity (Wildman–Crippen MR) is 110 cm³/mol. The first kappa shape index (κ1) is 20.3. The first-order chi connectivity index (χ1) is 14.1. The number of benzene rings is 2. The number of carbonyl (C=O) groups excluding carboxylic acids is 2. The van der Waals surface area contributed by atoms with Crippen molar-refractivity contribution in [3.05, 3.63) is 65.7 Å². The smallest absolute Gasteiger partial charge is 0.336 e.